The number of rotatable bonds is 2. The number of amides is 1. The summed E-state index contributed by atoms with van der Waals surface area (Å²) in [5.41, 5.74) is 6.65. The van der Waals surface area contributed by atoms with Crippen LogP contribution in [0.2, 0.25) is 0 Å². The third-order valence-electron chi connectivity index (χ3n) is 3.46. The maximum Gasteiger partial charge on any atom is 0.270 e. The second kappa shape index (κ2) is 6.38. The molecule has 2 rings (SSSR count). The van der Waals surface area contributed by atoms with Crippen molar-refractivity contribution in [2.75, 3.05) is 5.73 Å². The van der Waals surface area contributed by atoms with E-state index in [0.29, 0.717) is 17.4 Å². The van der Waals surface area contributed by atoms with Gasteiger partial charge in [0.15, 0.2) is 0 Å². The molecule has 1 amide bonds. The number of aromatic nitrogens is 1. The Balaban J connectivity index is 1.93. The largest absolute Gasteiger partial charge is 0.399 e. The first-order valence-electron chi connectivity index (χ1n) is 6.78. The number of pyridine rings is 1. The average molecular weight is 247 g/mol. The van der Waals surface area contributed by atoms with Crippen molar-refractivity contribution < 1.29 is 4.79 Å². The summed E-state index contributed by atoms with van der Waals surface area (Å²) in [4.78, 5) is 16.1. The summed E-state index contributed by atoms with van der Waals surface area (Å²) >= 11 is 0. The molecule has 98 valence electrons. The van der Waals surface area contributed by atoms with Crippen LogP contribution in [0, 0.1) is 0 Å². The van der Waals surface area contributed by atoms with Crippen LogP contribution in [0.1, 0.15) is 55.4 Å². The molecule has 1 aromatic rings. The Morgan fingerprint density at radius 3 is 2.56 bits per heavy atom. The van der Waals surface area contributed by atoms with Crippen molar-refractivity contribution in [3.8, 4) is 0 Å². The van der Waals surface area contributed by atoms with Crippen molar-refractivity contribution in [3.63, 3.8) is 0 Å². The number of carbonyl (C=O) groups is 1. The number of anilines is 1. The smallest absolute Gasteiger partial charge is 0.270 e. The number of hydrogen-bond acceptors (Lipinski definition) is 3. The van der Waals surface area contributed by atoms with E-state index < -0.39 is 0 Å². The normalized spacial score (nSPS) is 17.8. The van der Waals surface area contributed by atoms with Crippen LogP contribution >= 0.6 is 0 Å². The zero-order chi connectivity index (χ0) is 12.8. The molecule has 0 aliphatic heterocycles. The fourth-order valence-electron chi connectivity index (χ4n) is 2.43. The van der Waals surface area contributed by atoms with Gasteiger partial charge in [-0.1, -0.05) is 32.1 Å². The van der Waals surface area contributed by atoms with Gasteiger partial charge in [0.05, 0.1) is 0 Å². The molecule has 1 saturated carbocycles. The minimum atomic E-state index is -0.104. The summed E-state index contributed by atoms with van der Waals surface area (Å²) in [6.07, 6.45) is 10.0. The third kappa shape index (κ3) is 3.72. The molecule has 1 aromatic heterocycles. The van der Waals surface area contributed by atoms with Crippen molar-refractivity contribution >= 4 is 11.6 Å². The van der Waals surface area contributed by atoms with E-state index in [2.05, 4.69) is 10.3 Å². The van der Waals surface area contributed by atoms with Gasteiger partial charge in [-0.25, -0.2) is 0 Å². The zero-order valence-corrected chi connectivity index (χ0v) is 10.7. The highest BCUT2D eigenvalue weighted by molar-refractivity contribution is 5.93. The van der Waals surface area contributed by atoms with E-state index in [4.69, 9.17) is 5.73 Å². The van der Waals surface area contributed by atoms with Gasteiger partial charge < -0.3 is 11.1 Å². The maximum atomic E-state index is 12.0. The summed E-state index contributed by atoms with van der Waals surface area (Å²) in [6.45, 7) is 0. The number of hydrogen-bond donors (Lipinski definition) is 2. The molecule has 0 aromatic carbocycles. The van der Waals surface area contributed by atoms with Gasteiger partial charge in [-0.3, -0.25) is 9.78 Å². The van der Waals surface area contributed by atoms with Gasteiger partial charge in [0.25, 0.3) is 5.91 Å². The lowest BCUT2D eigenvalue weighted by molar-refractivity contribution is 0.0925. The van der Waals surface area contributed by atoms with E-state index in [-0.39, 0.29) is 5.91 Å². The number of nitrogens with one attached hydrogen (secondary N) is 1. The van der Waals surface area contributed by atoms with Gasteiger partial charge in [-0.15, -0.1) is 0 Å². The molecule has 3 N–H and O–H groups in total. The summed E-state index contributed by atoms with van der Waals surface area (Å²) in [6, 6.07) is 3.60. The molecule has 0 spiro atoms. The second-order valence-electron chi connectivity index (χ2n) is 4.99. The predicted molar refractivity (Wildman–Crippen MR) is 72.2 cm³/mol. The van der Waals surface area contributed by atoms with Gasteiger partial charge in [0, 0.05) is 17.9 Å². The molecule has 1 heterocycles. The molecule has 0 bridgehead atoms. The van der Waals surface area contributed by atoms with Crippen LogP contribution in [0.15, 0.2) is 18.3 Å². The monoisotopic (exact) mass is 247 g/mol. The lowest BCUT2D eigenvalue weighted by Gasteiger charge is -2.20. The van der Waals surface area contributed by atoms with Crippen LogP contribution in [0.4, 0.5) is 5.69 Å². The molecule has 0 saturated heterocycles. The van der Waals surface area contributed by atoms with Gasteiger partial charge in [-0.05, 0) is 25.0 Å². The van der Waals surface area contributed by atoms with Crippen molar-refractivity contribution in [1.29, 1.82) is 0 Å². The maximum absolute atomic E-state index is 12.0. The highest BCUT2D eigenvalue weighted by atomic mass is 16.1. The van der Waals surface area contributed by atoms with Crippen LogP contribution in [-0.4, -0.2) is 16.9 Å². The summed E-state index contributed by atoms with van der Waals surface area (Å²) in [7, 11) is 0. The fourth-order valence-corrected chi connectivity index (χ4v) is 2.43. The molecule has 4 nitrogen and oxygen atoms in total. The van der Waals surface area contributed by atoms with Crippen molar-refractivity contribution in [1.82, 2.24) is 10.3 Å². The van der Waals surface area contributed by atoms with Crippen molar-refractivity contribution in [2.45, 2.75) is 51.0 Å². The molecular formula is C14H21N3O. The Morgan fingerprint density at radius 1 is 1.22 bits per heavy atom. The molecule has 0 unspecified atom stereocenters. The molecule has 0 radical (unpaired) electrons. The van der Waals surface area contributed by atoms with Gasteiger partial charge in [0.1, 0.15) is 5.69 Å². The van der Waals surface area contributed by atoms with E-state index >= 15 is 0 Å². The minimum Gasteiger partial charge on any atom is -0.399 e. The highest BCUT2D eigenvalue weighted by Crippen LogP contribution is 2.17. The molecule has 18 heavy (non-hydrogen) atoms. The first kappa shape index (κ1) is 12.9. The number of carbonyl (C=O) groups excluding carboxylic acids is 1. The van der Waals surface area contributed by atoms with E-state index in [1.165, 1.54) is 32.1 Å². The second-order valence-corrected chi connectivity index (χ2v) is 4.99. The Hall–Kier alpha value is -1.58. The van der Waals surface area contributed by atoms with Gasteiger partial charge in [0.2, 0.25) is 0 Å². The highest BCUT2D eigenvalue weighted by Gasteiger charge is 2.15. The molecule has 4 heteroatoms. The van der Waals surface area contributed by atoms with Crippen LogP contribution in [0.5, 0.6) is 0 Å². The first-order valence-corrected chi connectivity index (χ1v) is 6.78. The summed E-state index contributed by atoms with van der Waals surface area (Å²) in [5.74, 6) is -0.104. The van der Waals surface area contributed by atoms with E-state index in [1.54, 1.807) is 18.3 Å². The topological polar surface area (TPSA) is 68.0 Å². The summed E-state index contributed by atoms with van der Waals surface area (Å²) in [5, 5.41) is 3.07. The van der Waals surface area contributed by atoms with E-state index in [9.17, 15) is 4.79 Å². The molecule has 1 fully saturated rings. The minimum absolute atomic E-state index is 0.104. The zero-order valence-electron chi connectivity index (χ0n) is 10.7. The molecule has 1 aliphatic rings. The third-order valence-corrected chi connectivity index (χ3v) is 3.46. The standard InChI is InChI=1S/C14H21N3O/c15-11-8-9-16-13(10-11)14(18)17-12-6-4-2-1-3-5-7-12/h8-10,12H,1-7H2,(H2,15,16)(H,17,18). The molecular weight excluding hydrogens is 226 g/mol. The fraction of sp³-hybridized carbons (Fsp3) is 0.571. The lowest BCUT2D eigenvalue weighted by atomic mass is 9.96. The SMILES string of the molecule is Nc1ccnc(C(=O)NC2CCCCCCC2)c1. The number of nitrogen functional groups attached to an aromatic ring is 1. The first-order chi connectivity index (χ1) is 8.75. The number of nitrogens with zero attached hydrogens (tertiary/aromatic N) is 1. The lowest BCUT2D eigenvalue weighted by Crippen LogP contribution is -2.35. The van der Waals surface area contributed by atoms with Crippen LogP contribution in [-0.2, 0) is 0 Å². The van der Waals surface area contributed by atoms with Crippen LogP contribution in [0.3, 0.4) is 0 Å². The molecule has 1 aliphatic carbocycles. The van der Waals surface area contributed by atoms with Gasteiger partial charge in [-0.2, -0.15) is 0 Å². The van der Waals surface area contributed by atoms with Crippen molar-refractivity contribution in [3.05, 3.63) is 24.0 Å². The predicted octanol–water partition coefficient (Wildman–Crippen LogP) is 2.51. The Bertz CT molecular complexity index is 398. The quantitative estimate of drug-likeness (QED) is 0.843. The van der Waals surface area contributed by atoms with Crippen LogP contribution in [0.25, 0.3) is 0 Å². The Morgan fingerprint density at radius 2 is 1.89 bits per heavy atom. The summed E-state index contributed by atoms with van der Waals surface area (Å²) < 4.78 is 0. The van der Waals surface area contributed by atoms with Crippen molar-refractivity contribution in [2.24, 2.45) is 0 Å². The molecule has 0 atom stereocenters. The Kier molecular flexibility index (Phi) is 4.56. The average Bonchev–Trinajstić information content (AvgIpc) is 2.32. The van der Waals surface area contributed by atoms with E-state index in [0.717, 1.165) is 12.8 Å². The van der Waals surface area contributed by atoms with Crippen LogP contribution < -0.4 is 11.1 Å². The Labute approximate surface area is 108 Å². The van der Waals surface area contributed by atoms with Gasteiger partial charge >= 0.3 is 0 Å². The number of nitrogens with two attached hydrogens (primary N) is 1. The van der Waals surface area contributed by atoms with E-state index in [1.807, 2.05) is 0 Å².